The molecule has 1 N–H and O–H groups in total. The van der Waals surface area contributed by atoms with Crippen molar-refractivity contribution in [3.8, 4) is 11.1 Å². The third-order valence-corrected chi connectivity index (χ3v) is 4.92. The van der Waals surface area contributed by atoms with Crippen LogP contribution in [0.15, 0.2) is 78.1 Å². The van der Waals surface area contributed by atoms with Gasteiger partial charge in [0.05, 0.1) is 6.20 Å². The highest BCUT2D eigenvalue weighted by Gasteiger charge is 2.09. The third kappa shape index (κ3) is 4.03. The van der Waals surface area contributed by atoms with Crippen LogP contribution in [-0.4, -0.2) is 27.4 Å². The van der Waals surface area contributed by atoms with Crippen molar-refractivity contribution in [3.63, 3.8) is 0 Å². The van der Waals surface area contributed by atoms with Gasteiger partial charge in [-0.15, -0.1) is 0 Å². The van der Waals surface area contributed by atoms with Gasteiger partial charge in [0.15, 0.2) is 0 Å². The Labute approximate surface area is 174 Å². The molecular weight excluding hydrogens is 374 g/mol. The number of aliphatic imine (C=N–C) groups is 1. The molecule has 4 aromatic rings. The molecule has 4 rings (SSSR count). The van der Waals surface area contributed by atoms with Crippen LogP contribution in [0.5, 0.6) is 0 Å². The lowest BCUT2D eigenvalue weighted by molar-refractivity contribution is 0.0966. The molecule has 0 saturated carbocycles. The van der Waals surface area contributed by atoms with Gasteiger partial charge in [0.1, 0.15) is 5.82 Å². The summed E-state index contributed by atoms with van der Waals surface area (Å²) in [5, 5.41) is 9.01. The zero-order valence-electron chi connectivity index (χ0n) is 16.8. The molecule has 0 atom stereocenters. The molecule has 148 valence electrons. The lowest BCUT2D eigenvalue weighted by atomic mass is 10.0. The smallest absolute Gasteiger partial charge is 0.256 e. The first kappa shape index (κ1) is 19.3. The van der Waals surface area contributed by atoms with Crippen molar-refractivity contribution >= 4 is 29.5 Å². The molecule has 0 fully saturated rings. The summed E-state index contributed by atoms with van der Waals surface area (Å²) < 4.78 is 1.77. The van der Waals surface area contributed by atoms with Gasteiger partial charge in [0.25, 0.3) is 5.91 Å². The Morgan fingerprint density at radius 1 is 1.10 bits per heavy atom. The van der Waals surface area contributed by atoms with E-state index < -0.39 is 0 Å². The Morgan fingerprint density at radius 3 is 2.73 bits per heavy atom. The van der Waals surface area contributed by atoms with Gasteiger partial charge in [-0.1, -0.05) is 18.2 Å². The molecule has 6 heteroatoms. The second kappa shape index (κ2) is 8.13. The quantitative estimate of drug-likeness (QED) is 0.510. The second-order valence-electron chi connectivity index (χ2n) is 7.05. The number of nitrogens with zero attached hydrogens (tertiary/aromatic N) is 4. The fourth-order valence-electron chi connectivity index (χ4n) is 3.23. The summed E-state index contributed by atoms with van der Waals surface area (Å²) in [6, 6.07) is 13.5. The molecule has 0 unspecified atom stereocenters. The molecule has 2 heterocycles. The van der Waals surface area contributed by atoms with Crippen LogP contribution in [0.1, 0.15) is 21.5 Å². The van der Waals surface area contributed by atoms with Gasteiger partial charge in [-0.3, -0.25) is 14.5 Å². The summed E-state index contributed by atoms with van der Waals surface area (Å²) in [6.45, 7) is 5.63. The van der Waals surface area contributed by atoms with Crippen LogP contribution in [0, 0.1) is 6.92 Å². The Morgan fingerprint density at radius 2 is 1.97 bits per heavy atom. The number of hydrogen-bond donors (Lipinski definition) is 1. The van der Waals surface area contributed by atoms with E-state index in [-0.39, 0.29) is 5.91 Å². The highest BCUT2D eigenvalue weighted by atomic mass is 16.1. The summed E-state index contributed by atoms with van der Waals surface area (Å²) in [7, 11) is 1.89. The van der Waals surface area contributed by atoms with Crippen LogP contribution < -0.4 is 5.32 Å². The van der Waals surface area contributed by atoms with Crippen LogP contribution in [0.25, 0.3) is 28.0 Å². The highest BCUT2D eigenvalue weighted by molar-refractivity contribution is 5.99. The van der Waals surface area contributed by atoms with E-state index in [0.717, 1.165) is 33.0 Å². The van der Waals surface area contributed by atoms with Crippen molar-refractivity contribution in [2.45, 2.75) is 6.92 Å². The second-order valence-corrected chi connectivity index (χ2v) is 7.05. The van der Waals surface area contributed by atoms with E-state index >= 15 is 0 Å². The average molecular weight is 395 g/mol. The standard InChI is InChI=1S/C24H21N5O/c1-16-4-5-17(22-14-27-29(3)15-22)11-21(16)12-23(25-2)28-24(30)19-6-7-20-13-26-9-8-18(20)10-19/h4-15H,2H2,1,3H3,(H,28,30)/b23-12+. The van der Waals surface area contributed by atoms with Crippen LogP contribution in [0.4, 0.5) is 0 Å². The van der Waals surface area contributed by atoms with Crippen LogP contribution in [-0.2, 0) is 7.05 Å². The van der Waals surface area contributed by atoms with E-state index in [1.54, 1.807) is 23.1 Å². The fraction of sp³-hybridized carbons (Fsp3) is 0.0833. The maximum Gasteiger partial charge on any atom is 0.256 e. The molecule has 2 aromatic carbocycles. The Bertz CT molecular complexity index is 1290. The average Bonchev–Trinajstić information content (AvgIpc) is 3.20. The van der Waals surface area contributed by atoms with E-state index in [1.807, 2.05) is 68.8 Å². The highest BCUT2D eigenvalue weighted by Crippen LogP contribution is 2.23. The van der Waals surface area contributed by atoms with Crippen LogP contribution >= 0.6 is 0 Å². The number of hydrogen-bond acceptors (Lipinski definition) is 4. The van der Waals surface area contributed by atoms with E-state index in [0.29, 0.717) is 11.4 Å². The zero-order valence-corrected chi connectivity index (χ0v) is 16.8. The van der Waals surface area contributed by atoms with E-state index in [4.69, 9.17) is 0 Å². The molecule has 6 nitrogen and oxygen atoms in total. The molecule has 0 spiro atoms. The van der Waals surface area contributed by atoms with Gasteiger partial charge in [-0.2, -0.15) is 5.10 Å². The summed E-state index contributed by atoms with van der Waals surface area (Å²) in [5.41, 5.74) is 4.62. The number of rotatable bonds is 5. The monoisotopic (exact) mass is 395 g/mol. The number of carbonyl (C=O) groups excluding carboxylic acids is 1. The number of aromatic nitrogens is 3. The third-order valence-electron chi connectivity index (χ3n) is 4.92. The van der Waals surface area contributed by atoms with E-state index in [2.05, 4.69) is 27.1 Å². The Balaban J connectivity index is 1.61. The molecule has 0 bridgehead atoms. The molecule has 0 aliphatic rings. The number of pyridine rings is 1. The summed E-state index contributed by atoms with van der Waals surface area (Å²) >= 11 is 0. The summed E-state index contributed by atoms with van der Waals surface area (Å²) in [6.07, 6.45) is 9.08. The minimum atomic E-state index is -0.242. The fourth-order valence-corrected chi connectivity index (χ4v) is 3.23. The zero-order chi connectivity index (χ0) is 21.1. The first-order chi connectivity index (χ1) is 14.5. The minimum absolute atomic E-state index is 0.242. The molecule has 0 aliphatic heterocycles. The van der Waals surface area contributed by atoms with Gasteiger partial charge >= 0.3 is 0 Å². The van der Waals surface area contributed by atoms with Gasteiger partial charge in [0.2, 0.25) is 0 Å². The molecule has 2 aromatic heterocycles. The van der Waals surface area contributed by atoms with Gasteiger partial charge in [-0.25, -0.2) is 4.99 Å². The molecule has 0 radical (unpaired) electrons. The van der Waals surface area contributed by atoms with E-state index in [9.17, 15) is 4.79 Å². The lowest BCUT2D eigenvalue weighted by Gasteiger charge is -2.09. The number of amides is 1. The van der Waals surface area contributed by atoms with Crippen LogP contribution in [0.2, 0.25) is 0 Å². The molecular formula is C24H21N5O. The van der Waals surface area contributed by atoms with Gasteiger partial charge in [0, 0.05) is 42.2 Å². The van der Waals surface area contributed by atoms with Gasteiger partial charge in [-0.05, 0) is 66.1 Å². The van der Waals surface area contributed by atoms with E-state index in [1.165, 1.54) is 0 Å². The topological polar surface area (TPSA) is 72.2 Å². The summed E-state index contributed by atoms with van der Waals surface area (Å²) in [4.78, 5) is 20.9. The predicted molar refractivity (Wildman–Crippen MR) is 120 cm³/mol. The van der Waals surface area contributed by atoms with Crippen LogP contribution in [0.3, 0.4) is 0 Å². The SMILES string of the molecule is C=N/C(=C\c1cc(-c2cnn(C)c2)ccc1C)NC(=O)c1ccc2cnccc2c1. The number of carbonyl (C=O) groups is 1. The van der Waals surface area contributed by atoms with Crippen molar-refractivity contribution in [3.05, 3.63) is 89.8 Å². The molecule has 1 amide bonds. The largest absolute Gasteiger partial charge is 0.307 e. The number of nitrogens with one attached hydrogen (secondary N) is 1. The predicted octanol–water partition coefficient (Wildman–Crippen LogP) is 4.37. The number of benzene rings is 2. The van der Waals surface area contributed by atoms with Crippen molar-refractivity contribution < 1.29 is 4.79 Å². The lowest BCUT2D eigenvalue weighted by Crippen LogP contribution is -2.21. The van der Waals surface area contributed by atoms with Crippen molar-refractivity contribution in [1.29, 1.82) is 0 Å². The number of aryl methyl sites for hydroxylation is 2. The Kier molecular flexibility index (Phi) is 5.22. The molecule has 30 heavy (non-hydrogen) atoms. The maximum atomic E-state index is 12.8. The Hall–Kier alpha value is -4.06. The van der Waals surface area contributed by atoms with Crippen molar-refractivity contribution in [1.82, 2.24) is 20.1 Å². The normalized spacial score (nSPS) is 11.5. The van der Waals surface area contributed by atoms with Gasteiger partial charge < -0.3 is 5.32 Å². The first-order valence-electron chi connectivity index (χ1n) is 9.47. The first-order valence-corrected chi connectivity index (χ1v) is 9.47. The minimum Gasteiger partial charge on any atom is -0.307 e. The molecule has 0 saturated heterocycles. The maximum absolute atomic E-state index is 12.8. The van der Waals surface area contributed by atoms with Crippen molar-refractivity contribution in [2.24, 2.45) is 12.0 Å². The van der Waals surface area contributed by atoms with Crippen molar-refractivity contribution in [2.75, 3.05) is 0 Å². The summed E-state index contributed by atoms with van der Waals surface area (Å²) in [5.74, 6) is 0.148. The molecule has 0 aliphatic carbocycles. The number of fused-ring (bicyclic) bond motifs is 1.